The van der Waals surface area contributed by atoms with Crippen LogP contribution in [0.5, 0.6) is 0 Å². The molecule has 1 N–H and O–H groups in total. The molecule has 2 heteroatoms. The second kappa shape index (κ2) is 6.59. The zero-order valence-corrected chi connectivity index (χ0v) is 7.28. The molecule has 0 aromatic heterocycles. The maximum absolute atomic E-state index is 4.17. The molecule has 2 nitrogen and oxygen atoms in total. The van der Waals surface area contributed by atoms with E-state index in [1.165, 1.54) is 18.6 Å². The Morgan fingerprint density at radius 3 is 2.00 bits per heavy atom. The molecule has 0 bridgehead atoms. The molecule has 0 saturated heterocycles. The van der Waals surface area contributed by atoms with Crippen molar-refractivity contribution < 1.29 is 0 Å². The first-order chi connectivity index (χ1) is 4.85. The van der Waals surface area contributed by atoms with Crippen LogP contribution in [0.1, 0.15) is 39.5 Å². The minimum absolute atomic E-state index is 1.13. The van der Waals surface area contributed by atoms with Gasteiger partial charge < -0.3 is 5.43 Å². The molecule has 0 amide bonds. The Labute approximate surface area is 63.7 Å². The maximum Gasteiger partial charge on any atom is 0.0378 e. The molecule has 10 heavy (non-hydrogen) atoms. The highest BCUT2D eigenvalue weighted by Crippen LogP contribution is 1.98. The number of nitrogens with one attached hydrogen (secondary N) is 1. The second-order valence-corrected chi connectivity index (χ2v) is 2.40. The molecule has 0 fully saturated rings. The topological polar surface area (TPSA) is 24.4 Å². The van der Waals surface area contributed by atoms with Crippen molar-refractivity contribution in [1.29, 1.82) is 0 Å². The van der Waals surface area contributed by atoms with Crippen molar-refractivity contribution in [3.05, 3.63) is 0 Å². The van der Waals surface area contributed by atoms with Crippen LogP contribution in [0.15, 0.2) is 5.10 Å². The van der Waals surface area contributed by atoms with Crippen LogP contribution in [-0.4, -0.2) is 12.8 Å². The summed E-state index contributed by atoms with van der Waals surface area (Å²) in [5.41, 5.74) is 4.12. The molecule has 60 valence electrons. The molecule has 0 unspecified atom stereocenters. The summed E-state index contributed by atoms with van der Waals surface area (Å²) in [6.07, 6.45) is 4.66. The van der Waals surface area contributed by atoms with E-state index >= 15 is 0 Å². The Bertz CT molecular complexity index is 89.4. The average molecular weight is 142 g/mol. The number of hydrogen-bond acceptors (Lipinski definition) is 2. The third-order valence-electron chi connectivity index (χ3n) is 1.35. The van der Waals surface area contributed by atoms with Crippen LogP contribution in [-0.2, 0) is 0 Å². The summed E-state index contributed by atoms with van der Waals surface area (Å²) in [5, 5.41) is 4.17. The Morgan fingerprint density at radius 2 is 1.70 bits per heavy atom. The highest BCUT2D eigenvalue weighted by atomic mass is 15.3. The van der Waals surface area contributed by atoms with Crippen LogP contribution >= 0.6 is 0 Å². The van der Waals surface area contributed by atoms with Crippen LogP contribution in [0.4, 0.5) is 0 Å². The fraction of sp³-hybridized carbons (Fsp3) is 0.875. The van der Waals surface area contributed by atoms with Gasteiger partial charge in [0.15, 0.2) is 0 Å². The van der Waals surface area contributed by atoms with E-state index in [0.29, 0.717) is 0 Å². The van der Waals surface area contributed by atoms with Gasteiger partial charge in [-0.3, -0.25) is 0 Å². The largest absolute Gasteiger partial charge is 0.313 e. The van der Waals surface area contributed by atoms with E-state index in [4.69, 9.17) is 0 Å². The molecule has 0 saturated carbocycles. The van der Waals surface area contributed by atoms with Gasteiger partial charge in [0.1, 0.15) is 0 Å². The van der Waals surface area contributed by atoms with Crippen LogP contribution in [0, 0.1) is 0 Å². The lowest BCUT2D eigenvalue weighted by atomic mass is 10.1. The second-order valence-electron chi connectivity index (χ2n) is 2.40. The summed E-state index contributed by atoms with van der Waals surface area (Å²) in [4.78, 5) is 0. The average Bonchev–Trinajstić information content (AvgIpc) is 1.90. The first-order valence-corrected chi connectivity index (χ1v) is 4.07. The normalized spacial score (nSPS) is 9.10. The molecular weight excluding hydrogens is 124 g/mol. The summed E-state index contributed by atoms with van der Waals surface area (Å²) in [6, 6.07) is 0. The van der Waals surface area contributed by atoms with Gasteiger partial charge in [0.25, 0.3) is 0 Å². The molecule has 0 spiro atoms. The van der Waals surface area contributed by atoms with Gasteiger partial charge in [-0.05, 0) is 12.8 Å². The minimum Gasteiger partial charge on any atom is -0.313 e. The fourth-order valence-electron chi connectivity index (χ4n) is 0.972. The fourth-order valence-corrected chi connectivity index (χ4v) is 0.972. The molecule has 0 heterocycles. The zero-order valence-electron chi connectivity index (χ0n) is 7.28. The molecule has 0 aliphatic carbocycles. The van der Waals surface area contributed by atoms with Gasteiger partial charge in [0.2, 0.25) is 0 Å². The first kappa shape index (κ1) is 9.47. The van der Waals surface area contributed by atoms with Crippen LogP contribution in [0.25, 0.3) is 0 Å². The van der Waals surface area contributed by atoms with E-state index < -0.39 is 0 Å². The van der Waals surface area contributed by atoms with Gasteiger partial charge in [-0.15, -0.1) is 0 Å². The number of hydrazone groups is 1. The Morgan fingerprint density at radius 1 is 1.20 bits per heavy atom. The number of hydrogen-bond donors (Lipinski definition) is 1. The van der Waals surface area contributed by atoms with E-state index in [9.17, 15) is 0 Å². The lowest BCUT2D eigenvalue weighted by Gasteiger charge is -2.01. The summed E-state index contributed by atoms with van der Waals surface area (Å²) >= 11 is 0. The molecule has 0 rings (SSSR count). The van der Waals surface area contributed by atoms with Gasteiger partial charge in [-0.2, -0.15) is 5.10 Å². The van der Waals surface area contributed by atoms with E-state index in [1.54, 1.807) is 0 Å². The minimum atomic E-state index is 1.13. The van der Waals surface area contributed by atoms with E-state index in [1.807, 2.05) is 7.05 Å². The molecule has 0 aliphatic rings. The van der Waals surface area contributed by atoms with Crippen molar-refractivity contribution in [1.82, 2.24) is 5.43 Å². The third kappa shape index (κ3) is 4.36. The predicted octanol–water partition coefficient (Wildman–Crippen LogP) is 2.16. The van der Waals surface area contributed by atoms with E-state index in [2.05, 4.69) is 24.4 Å². The molecule has 0 aliphatic heterocycles. The predicted molar refractivity (Wildman–Crippen MR) is 46.3 cm³/mol. The smallest absolute Gasteiger partial charge is 0.0378 e. The third-order valence-corrected chi connectivity index (χ3v) is 1.35. The lowest BCUT2D eigenvalue weighted by molar-refractivity contribution is 0.840. The summed E-state index contributed by atoms with van der Waals surface area (Å²) in [6.45, 7) is 4.36. The molecule has 0 aromatic carbocycles. The summed E-state index contributed by atoms with van der Waals surface area (Å²) in [5.74, 6) is 0. The van der Waals surface area contributed by atoms with Crippen molar-refractivity contribution in [2.24, 2.45) is 5.10 Å². The van der Waals surface area contributed by atoms with Crippen molar-refractivity contribution >= 4 is 5.71 Å². The van der Waals surface area contributed by atoms with Crippen molar-refractivity contribution in [3.63, 3.8) is 0 Å². The highest BCUT2D eigenvalue weighted by molar-refractivity contribution is 5.84. The van der Waals surface area contributed by atoms with Crippen molar-refractivity contribution in [3.8, 4) is 0 Å². The monoisotopic (exact) mass is 142 g/mol. The van der Waals surface area contributed by atoms with Crippen molar-refractivity contribution in [2.75, 3.05) is 7.05 Å². The van der Waals surface area contributed by atoms with Gasteiger partial charge in [0.05, 0.1) is 0 Å². The maximum atomic E-state index is 4.17. The standard InChI is InChI=1S/C8H18N2/c1-4-6-8(7-5-2)10-9-3/h9H,4-7H2,1-3H3. The van der Waals surface area contributed by atoms with Crippen LogP contribution in [0.2, 0.25) is 0 Å². The SMILES string of the molecule is CCCC(CCC)=NNC. The van der Waals surface area contributed by atoms with Crippen molar-refractivity contribution in [2.45, 2.75) is 39.5 Å². The lowest BCUT2D eigenvalue weighted by Crippen LogP contribution is -2.04. The number of rotatable bonds is 5. The first-order valence-electron chi connectivity index (χ1n) is 4.07. The van der Waals surface area contributed by atoms with Gasteiger partial charge in [0, 0.05) is 12.8 Å². The van der Waals surface area contributed by atoms with Gasteiger partial charge in [-0.1, -0.05) is 26.7 Å². The van der Waals surface area contributed by atoms with E-state index in [-0.39, 0.29) is 0 Å². The Kier molecular flexibility index (Phi) is 6.24. The molecule has 0 atom stereocenters. The molecule has 0 radical (unpaired) electrons. The number of nitrogens with zero attached hydrogens (tertiary/aromatic N) is 1. The quantitative estimate of drug-likeness (QED) is 0.461. The summed E-state index contributed by atoms with van der Waals surface area (Å²) < 4.78 is 0. The molecular formula is C8H18N2. The zero-order chi connectivity index (χ0) is 7.82. The summed E-state index contributed by atoms with van der Waals surface area (Å²) in [7, 11) is 1.85. The van der Waals surface area contributed by atoms with Gasteiger partial charge >= 0.3 is 0 Å². The Balaban J connectivity index is 3.60. The van der Waals surface area contributed by atoms with E-state index in [0.717, 1.165) is 12.8 Å². The molecule has 0 aromatic rings. The Hall–Kier alpha value is -0.530. The van der Waals surface area contributed by atoms with Gasteiger partial charge in [-0.25, -0.2) is 0 Å². The van der Waals surface area contributed by atoms with Crippen LogP contribution < -0.4 is 5.43 Å². The highest BCUT2D eigenvalue weighted by Gasteiger charge is 1.94. The van der Waals surface area contributed by atoms with Crippen LogP contribution in [0.3, 0.4) is 0 Å².